The third-order valence-electron chi connectivity index (χ3n) is 4.45. The zero-order valence-corrected chi connectivity index (χ0v) is 14.1. The van der Waals surface area contributed by atoms with Crippen molar-refractivity contribution in [1.82, 2.24) is 10.2 Å². The first-order chi connectivity index (χ1) is 10.1. The van der Waals surface area contributed by atoms with Crippen molar-refractivity contribution in [2.24, 2.45) is 11.8 Å². The van der Waals surface area contributed by atoms with Gasteiger partial charge in [-0.05, 0) is 68.4 Å². The Kier molecular flexibility index (Phi) is 6.72. The van der Waals surface area contributed by atoms with Crippen LogP contribution in [0.5, 0.6) is 0 Å². The molecular weight excluding hydrogens is 256 g/mol. The fourth-order valence-corrected chi connectivity index (χ4v) is 2.91. The zero-order chi connectivity index (χ0) is 15.1. The molecule has 0 saturated carbocycles. The fraction of sp³-hybridized carbons (Fsp3) is 0.684. The molecule has 0 bridgehead atoms. The van der Waals surface area contributed by atoms with E-state index in [4.69, 9.17) is 0 Å². The summed E-state index contributed by atoms with van der Waals surface area (Å²) in [5.41, 5.74) is 2.91. The molecule has 2 rings (SSSR count). The van der Waals surface area contributed by atoms with Gasteiger partial charge in [-0.25, -0.2) is 0 Å². The third-order valence-corrected chi connectivity index (χ3v) is 4.45. The van der Waals surface area contributed by atoms with E-state index >= 15 is 0 Å². The molecule has 1 fully saturated rings. The molecular formula is C19H32N2. The highest BCUT2D eigenvalue weighted by Gasteiger charge is 2.15. The summed E-state index contributed by atoms with van der Waals surface area (Å²) in [4.78, 5) is 2.60. The summed E-state index contributed by atoms with van der Waals surface area (Å²) in [5, 5.41) is 3.51. The SMILES string of the molecule is CC(C)CNCCc1ccc(CN2CCC(C)CC2)cc1. The van der Waals surface area contributed by atoms with Crippen molar-refractivity contribution in [2.75, 3.05) is 26.2 Å². The Morgan fingerprint density at radius 1 is 1.10 bits per heavy atom. The molecule has 21 heavy (non-hydrogen) atoms. The van der Waals surface area contributed by atoms with Crippen molar-refractivity contribution in [3.63, 3.8) is 0 Å². The number of nitrogens with one attached hydrogen (secondary N) is 1. The molecule has 0 aliphatic carbocycles. The van der Waals surface area contributed by atoms with Gasteiger partial charge in [0, 0.05) is 6.54 Å². The lowest BCUT2D eigenvalue weighted by Gasteiger charge is -2.30. The molecule has 1 saturated heterocycles. The van der Waals surface area contributed by atoms with Gasteiger partial charge in [0.05, 0.1) is 0 Å². The van der Waals surface area contributed by atoms with Crippen LogP contribution in [0.1, 0.15) is 44.7 Å². The number of nitrogens with zero attached hydrogens (tertiary/aromatic N) is 1. The quantitative estimate of drug-likeness (QED) is 0.770. The first-order valence-corrected chi connectivity index (χ1v) is 8.64. The third kappa shape index (κ3) is 6.19. The molecule has 2 nitrogen and oxygen atoms in total. The molecule has 118 valence electrons. The summed E-state index contributed by atoms with van der Waals surface area (Å²) in [7, 11) is 0. The van der Waals surface area contributed by atoms with Crippen LogP contribution in [0.15, 0.2) is 24.3 Å². The molecule has 1 N–H and O–H groups in total. The minimum absolute atomic E-state index is 0.736. The highest BCUT2D eigenvalue weighted by molar-refractivity contribution is 5.22. The van der Waals surface area contributed by atoms with E-state index in [-0.39, 0.29) is 0 Å². The summed E-state index contributed by atoms with van der Waals surface area (Å²) in [5.74, 6) is 1.65. The molecule has 0 spiro atoms. The Morgan fingerprint density at radius 2 is 1.71 bits per heavy atom. The minimum Gasteiger partial charge on any atom is -0.316 e. The van der Waals surface area contributed by atoms with Crippen LogP contribution in [0.3, 0.4) is 0 Å². The summed E-state index contributed by atoms with van der Waals surface area (Å²) in [6.45, 7) is 12.7. The van der Waals surface area contributed by atoms with Gasteiger partial charge >= 0.3 is 0 Å². The van der Waals surface area contributed by atoms with Gasteiger partial charge in [-0.1, -0.05) is 45.0 Å². The average Bonchev–Trinajstić information content (AvgIpc) is 2.47. The van der Waals surface area contributed by atoms with Gasteiger partial charge in [0.15, 0.2) is 0 Å². The maximum Gasteiger partial charge on any atom is 0.0233 e. The zero-order valence-electron chi connectivity index (χ0n) is 14.1. The Bertz CT molecular complexity index is 389. The van der Waals surface area contributed by atoms with Crippen LogP contribution < -0.4 is 5.32 Å². The second-order valence-corrected chi connectivity index (χ2v) is 7.12. The van der Waals surface area contributed by atoms with Crippen LogP contribution in [-0.4, -0.2) is 31.1 Å². The van der Waals surface area contributed by atoms with Crippen molar-refractivity contribution >= 4 is 0 Å². The van der Waals surface area contributed by atoms with Crippen LogP contribution in [0.25, 0.3) is 0 Å². The Labute approximate surface area is 130 Å². The molecule has 1 aromatic carbocycles. The van der Waals surface area contributed by atoms with Crippen molar-refractivity contribution in [2.45, 2.75) is 46.6 Å². The van der Waals surface area contributed by atoms with E-state index in [1.165, 1.54) is 37.1 Å². The van der Waals surface area contributed by atoms with Crippen LogP contribution in [0, 0.1) is 11.8 Å². The van der Waals surface area contributed by atoms with Gasteiger partial charge in [0.2, 0.25) is 0 Å². The Hall–Kier alpha value is -0.860. The molecule has 1 heterocycles. The Balaban J connectivity index is 1.71. The van der Waals surface area contributed by atoms with Gasteiger partial charge in [0.25, 0.3) is 0 Å². The predicted octanol–water partition coefficient (Wildman–Crippen LogP) is 3.71. The van der Waals surface area contributed by atoms with E-state index in [2.05, 4.69) is 55.3 Å². The van der Waals surface area contributed by atoms with Crippen molar-refractivity contribution < 1.29 is 0 Å². The fourth-order valence-electron chi connectivity index (χ4n) is 2.91. The lowest BCUT2D eigenvalue weighted by Crippen LogP contribution is -2.32. The largest absolute Gasteiger partial charge is 0.316 e. The van der Waals surface area contributed by atoms with E-state index in [0.29, 0.717) is 0 Å². The van der Waals surface area contributed by atoms with Gasteiger partial charge in [-0.3, -0.25) is 4.90 Å². The van der Waals surface area contributed by atoms with Gasteiger partial charge in [-0.15, -0.1) is 0 Å². The standard InChI is InChI=1S/C19H32N2/c1-16(2)14-20-11-8-18-4-6-19(7-5-18)15-21-12-9-17(3)10-13-21/h4-7,16-17,20H,8-15H2,1-3H3. The average molecular weight is 288 g/mol. The van der Waals surface area contributed by atoms with Crippen LogP contribution in [0.2, 0.25) is 0 Å². The number of benzene rings is 1. The topological polar surface area (TPSA) is 15.3 Å². The lowest BCUT2D eigenvalue weighted by atomic mass is 9.98. The maximum atomic E-state index is 3.51. The molecule has 0 unspecified atom stereocenters. The minimum atomic E-state index is 0.736. The normalized spacial score (nSPS) is 17.5. The highest BCUT2D eigenvalue weighted by atomic mass is 15.1. The first kappa shape index (κ1) is 16.5. The molecule has 0 atom stereocenters. The van der Waals surface area contributed by atoms with Crippen molar-refractivity contribution in [3.8, 4) is 0 Å². The second kappa shape index (κ2) is 8.55. The summed E-state index contributed by atoms with van der Waals surface area (Å²) in [6, 6.07) is 9.24. The first-order valence-electron chi connectivity index (χ1n) is 8.64. The number of likely N-dealkylation sites (tertiary alicyclic amines) is 1. The number of hydrogen-bond donors (Lipinski definition) is 1. The predicted molar refractivity (Wildman–Crippen MR) is 91.5 cm³/mol. The second-order valence-electron chi connectivity index (χ2n) is 7.12. The van der Waals surface area contributed by atoms with Crippen LogP contribution >= 0.6 is 0 Å². The highest BCUT2D eigenvalue weighted by Crippen LogP contribution is 2.18. The molecule has 1 aliphatic heterocycles. The van der Waals surface area contributed by atoms with Gasteiger partial charge < -0.3 is 5.32 Å². The number of piperidine rings is 1. The number of rotatable bonds is 7. The van der Waals surface area contributed by atoms with E-state index < -0.39 is 0 Å². The molecule has 1 aromatic rings. The van der Waals surface area contributed by atoms with Gasteiger partial charge in [-0.2, -0.15) is 0 Å². The monoisotopic (exact) mass is 288 g/mol. The summed E-state index contributed by atoms with van der Waals surface area (Å²) >= 11 is 0. The lowest BCUT2D eigenvalue weighted by molar-refractivity contribution is 0.185. The molecule has 0 amide bonds. The number of hydrogen-bond acceptors (Lipinski definition) is 2. The molecule has 1 aliphatic rings. The maximum absolute atomic E-state index is 3.51. The van der Waals surface area contributed by atoms with E-state index in [9.17, 15) is 0 Å². The van der Waals surface area contributed by atoms with Crippen molar-refractivity contribution in [1.29, 1.82) is 0 Å². The van der Waals surface area contributed by atoms with Crippen LogP contribution in [-0.2, 0) is 13.0 Å². The molecule has 2 heteroatoms. The van der Waals surface area contributed by atoms with Crippen molar-refractivity contribution in [3.05, 3.63) is 35.4 Å². The van der Waals surface area contributed by atoms with Crippen LogP contribution in [0.4, 0.5) is 0 Å². The Morgan fingerprint density at radius 3 is 2.33 bits per heavy atom. The summed E-state index contributed by atoms with van der Waals surface area (Å²) < 4.78 is 0. The molecule has 0 aromatic heterocycles. The summed E-state index contributed by atoms with van der Waals surface area (Å²) in [6.07, 6.45) is 3.85. The van der Waals surface area contributed by atoms with E-state index in [0.717, 1.165) is 37.9 Å². The van der Waals surface area contributed by atoms with Gasteiger partial charge in [0.1, 0.15) is 0 Å². The van der Waals surface area contributed by atoms with E-state index in [1.807, 2.05) is 0 Å². The smallest absolute Gasteiger partial charge is 0.0233 e. The van der Waals surface area contributed by atoms with E-state index in [1.54, 1.807) is 0 Å². The molecule has 0 radical (unpaired) electrons.